The van der Waals surface area contributed by atoms with E-state index in [0.29, 0.717) is 36.0 Å². The van der Waals surface area contributed by atoms with E-state index >= 15 is 0 Å². The van der Waals surface area contributed by atoms with Gasteiger partial charge in [-0.05, 0) is 100 Å². The number of carbonyl (C=O) groups excluding carboxylic acids is 1. The Hall–Kier alpha value is -1.71. The highest BCUT2D eigenvalue weighted by atomic mass is 16.5. The molecule has 0 aromatic heterocycles. The highest BCUT2D eigenvalue weighted by molar-refractivity contribution is 5.78. The summed E-state index contributed by atoms with van der Waals surface area (Å²) >= 11 is 0. The van der Waals surface area contributed by atoms with E-state index in [0.717, 1.165) is 43.4 Å². The fourth-order valence-corrected chi connectivity index (χ4v) is 8.56. The van der Waals surface area contributed by atoms with Gasteiger partial charge in [0.2, 0.25) is 0 Å². The molecule has 2 bridgehead atoms. The van der Waals surface area contributed by atoms with E-state index in [9.17, 15) is 9.90 Å². The third-order valence-corrected chi connectivity index (χ3v) is 9.86. The van der Waals surface area contributed by atoms with Gasteiger partial charge in [0.15, 0.2) is 0 Å². The average Bonchev–Trinajstić information content (AvgIpc) is 2.69. The largest absolute Gasteiger partial charge is 0.508 e. The lowest BCUT2D eigenvalue weighted by atomic mass is 9.40. The zero-order valence-electron chi connectivity index (χ0n) is 17.6. The van der Waals surface area contributed by atoms with Gasteiger partial charge in [-0.2, -0.15) is 0 Å². The number of fused-ring (bicyclic) bond motifs is 4. The minimum atomic E-state index is -0.274. The molecule has 4 heteroatoms. The number of hydrogen-bond acceptors (Lipinski definition) is 4. The number of ether oxygens (including phenoxy) is 2. The molecule has 4 fully saturated rings. The number of aromatic hydroxyl groups is 1. The lowest BCUT2D eigenvalue weighted by Crippen LogP contribution is -2.66. The molecular weight excluding hydrogens is 364 g/mol. The number of esters is 1. The molecule has 2 aliphatic heterocycles. The minimum absolute atomic E-state index is 0.0577. The predicted molar refractivity (Wildman–Crippen MR) is 109 cm³/mol. The zero-order chi connectivity index (χ0) is 20.0. The molecule has 5 aliphatic rings. The first-order valence-corrected chi connectivity index (χ1v) is 11.5. The maximum atomic E-state index is 12.7. The summed E-state index contributed by atoms with van der Waals surface area (Å²) in [4.78, 5) is 12.7. The van der Waals surface area contributed by atoms with Crippen LogP contribution in [0.25, 0.3) is 0 Å². The molecule has 4 nitrogen and oxygen atoms in total. The molecule has 1 aromatic carbocycles. The smallest absolute Gasteiger partial charge is 0.312 e. The molecule has 0 radical (unpaired) electrons. The molecule has 1 saturated heterocycles. The fourth-order valence-electron chi connectivity index (χ4n) is 8.56. The van der Waals surface area contributed by atoms with Gasteiger partial charge in [0.25, 0.3) is 0 Å². The van der Waals surface area contributed by atoms with Crippen LogP contribution in [0.3, 0.4) is 0 Å². The summed E-state index contributed by atoms with van der Waals surface area (Å²) in [5.74, 6) is 3.51. The van der Waals surface area contributed by atoms with Gasteiger partial charge >= 0.3 is 5.97 Å². The van der Waals surface area contributed by atoms with Crippen LogP contribution < -0.4 is 4.74 Å². The molecule has 7 atom stereocenters. The zero-order valence-corrected chi connectivity index (χ0v) is 17.6. The van der Waals surface area contributed by atoms with Crippen LogP contribution in [0.5, 0.6) is 11.5 Å². The van der Waals surface area contributed by atoms with E-state index in [4.69, 9.17) is 9.47 Å². The minimum Gasteiger partial charge on any atom is -0.508 e. The van der Waals surface area contributed by atoms with Gasteiger partial charge in [-0.1, -0.05) is 6.42 Å². The topological polar surface area (TPSA) is 55.8 Å². The van der Waals surface area contributed by atoms with Crippen LogP contribution in [0.4, 0.5) is 0 Å². The molecule has 1 aromatic rings. The summed E-state index contributed by atoms with van der Waals surface area (Å²) in [6.45, 7) is 5.12. The third kappa shape index (κ3) is 2.24. The van der Waals surface area contributed by atoms with E-state index in [1.807, 2.05) is 12.1 Å². The molecule has 1 N–H and O–H groups in total. The Morgan fingerprint density at radius 2 is 1.93 bits per heavy atom. The molecule has 0 unspecified atom stereocenters. The van der Waals surface area contributed by atoms with Gasteiger partial charge in [0.1, 0.15) is 17.1 Å². The molecule has 0 spiro atoms. The lowest BCUT2D eigenvalue weighted by molar-refractivity contribution is -0.234. The molecule has 6 rings (SSSR count). The first-order valence-electron chi connectivity index (χ1n) is 11.5. The van der Waals surface area contributed by atoms with Crippen LogP contribution in [-0.4, -0.2) is 23.3 Å². The van der Waals surface area contributed by atoms with Gasteiger partial charge < -0.3 is 14.6 Å². The Labute approximate surface area is 173 Å². The number of cyclic esters (lactones) is 1. The van der Waals surface area contributed by atoms with Crippen molar-refractivity contribution < 1.29 is 19.4 Å². The second-order valence-corrected chi connectivity index (χ2v) is 11.0. The number of carbonyl (C=O) groups is 1. The molecule has 0 amide bonds. The Kier molecular flexibility index (Phi) is 3.56. The average molecular weight is 397 g/mol. The third-order valence-electron chi connectivity index (χ3n) is 9.86. The molecule has 3 saturated carbocycles. The quantitative estimate of drug-likeness (QED) is 0.636. The van der Waals surface area contributed by atoms with Crippen molar-refractivity contribution in [3.8, 4) is 11.5 Å². The van der Waals surface area contributed by atoms with Gasteiger partial charge in [-0.15, -0.1) is 0 Å². The Morgan fingerprint density at radius 1 is 1.07 bits per heavy atom. The number of benzene rings is 1. The maximum absolute atomic E-state index is 12.7. The maximum Gasteiger partial charge on any atom is 0.312 e. The number of hydrogen-bond donors (Lipinski definition) is 1. The number of phenols is 1. The van der Waals surface area contributed by atoms with E-state index in [2.05, 4.69) is 13.8 Å². The van der Waals surface area contributed by atoms with Gasteiger partial charge in [-0.25, -0.2) is 0 Å². The molecule has 156 valence electrons. The second-order valence-electron chi connectivity index (χ2n) is 11.0. The van der Waals surface area contributed by atoms with Crippen LogP contribution in [0.1, 0.15) is 64.4 Å². The monoisotopic (exact) mass is 396 g/mol. The van der Waals surface area contributed by atoms with Gasteiger partial charge in [0.05, 0.1) is 12.0 Å². The molecule has 29 heavy (non-hydrogen) atoms. The normalized spacial score (nSPS) is 47.6. The molecule has 2 heterocycles. The van der Waals surface area contributed by atoms with Crippen molar-refractivity contribution in [2.45, 2.75) is 70.8 Å². The van der Waals surface area contributed by atoms with Crippen LogP contribution >= 0.6 is 0 Å². The summed E-state index contributed by atoms with van der Waals surface area (Å²) in [5.41, 5.74) is 0.919. The van der Waals surface area contributed by atoms with Crippen molar-refractivity contribution >= 4 is 5.97 Å². The first-order chi connectivity index (χ1) is 13.9. The predicted octanol–water partition coefficient (Wildman–Crippen LogP) is 4.87. The highest BCUT2D eigenvalue weighted by Crippen LogP contribution is 2.68. The summed E-state index contributed by atoms with van der Waals surface area (Å²) in [6.07, 6.45) is 8.92. The van der Waals surface area contributed by atoms with Crippen LogP contribution in [0.15, 0.2) is 18.2 Å². The van der Waals surface area contributed by atoms with E-state index in [1.54, 1.807) is 6.07 Å². The Bertz CT molecular complexity index is 880. The summed E-state index contributed by atoms with van der Waals surface area (Å²) in [7, 11) is 0. The van der Waals surface area contributed by atoms with E-state index in [-0.39, 0.29) is 22.4 Å². The summed E-state index contributed by atoms with van der Waals surface area (Å²) in [5, 5.41) is 10.0. The van der Waals surface area contributed by atoms with Crippen molar-refractivity contribution in [2.75, 3.05) is 6.61 Å². The Morgan fingerprint density at radius 3 is 2.79 bits per heavy atom. The fraction of sp³-hybridized carbons (Fsp3) is 0.720. The number of rotatable bonds is 0. The Balaban J connectivity index is 1.39. The van der Waals surface area contributed by atoms with Crippen LogP contribution in [0, 0.1) is 34.5 Å². The van der Waals surface area contributed by atoms with Crippen molar-refractivity contribution in [3.05, 3.63) is 23.8 Å². The van der Waals surface area contributed by atoms with Gasteiger partial charge in [0, 0.05) is 11.3 Å². The molecule has 3 aliphatic carbocycles. The summed E-state index contributed by atoms with van der Waals surface area (Å²) in [6, 6.07) is 5.56. The van der Waals surface area contributed by atoms with Gasteiger partial charge in [-0.3, -0.25) is 4.79 Å². The number of phenolic OH excluding ortho intramolecular Hbond substituents is 1. The molecular formula is C25H32O4. The van der Waals surface area contributed by atoms with Crippen LogP contribution in [-0.2, 0) is 16.0 Å². The van der Waals surface area contributed by atoms with E-state index in [1.165, 1.54) is 19.3 Å². The van der Waals surface area contributed by atoms with Crippen molar-refractivity contribution in [1.82, 2.24) is 0 Å². The second kappa shape index (κ2) is 5.70. The standard InChI is InChI=1S/C25H32O4/c1-23-9-3-10-25(14-28-22(23)27)18-8-11-24(2)19(17(18)5-7-21(23)25)13-15-12-16(26)4-6-20(15)29-24/h4,6,12,17-19,21,26H,3,5,7-11,13-14H2,1-2H3/t17-,18+,19+,21+,23+,24+,25+/m1/s1. The first kappa shape index (κ1) is 18.1. The van der Waals surface area contributed by atoms with Crippen molar-refractivity contribution in [1.29, 1.82) is 0 Å². The summed E-state index contributed by atoms with van der Waals surface area (Å²) < 4.78 is 12.5. The highest BCUT2D eigenvalue weighted by Gasteiger charge is 2.67. The lowest BCUT2D eigenvalue weighted by Gasteiger charge is -2.66. The SMILES string of the molecule is C[C@]12CC[C@H]3[C@@H](CC[C@@H]4[C@]35CCC[C@]4(C)C(=O)OC5)[C@@H]1Cc1cc(O)ccc1O2. The van der Waals surface area contributed by atoms with Crippen molar-refractivity contribution in [2.24, 2.45) is 34.5 Å². The van der Waals surface area contributed by atoms with E-state index < -0.39 is 0 Å². The van der Waals surface area contributed by atoms with Crippen molar-refractivity contribution in [3.63, 3.8) is 0 Å². The van der Waals surface area contributed by atoms with Crippen LogP contribution in [0.2, 0.25) is 0 Å².